The molecule has 0 spiro atoms. The molecule has 3 nitrogen and oxygen atoms in total. The van der Waals surface area contributed by atoms with E-state index in [4.69, 9.17) is 5.11 Å². The summed E-state index contributed by atoms with van der Waals surface area (Å²) >= 11 is 6.69. The molecule has 2 aromatic carbocycles. The minimum Gasteiger partial charge on any atom is -0.478 e. The van der Waals surface area contributed by atoms with Gasteiger partial charge in [-0.3, -0.25) is 0 Å². The molecular weight excluding hydrogens is 374 g/mol. The normalized spacial score (nSPS) is 10.2. The average Bonchev–Trinajstić information content (AvgIpc) is 2.37. The number of benzene rings is 2. The summed E-state index contributed by atoms with van der Waals surface area (Å²) in [6, 6.07) is 13.0. The van der Waals surface area contributed by atoms with Gasteiger partial charge < -0.3 is 10.4 Å². The second-order valence-corrected chi connectivity index (χ2v) is 5.85. The molecule has 0 unspecified atom stereocenters. The fraction of sp³-hybridized carbons (Fsp3) is 0.0714. The highest BCUT2D eigenvalue weighted by atomic mass is 79.9. The van der Waals surface area contributed by atoms with Crippen LogP contribution in [0.2, 0.25) is 0 Å². The lowest BCUT2D eigenvalue weighted by atomic mass is 10.2. The summed E-state index contributed by atoms with van der Waals surface area (Å²) in [4.78, 5) is 11.0. The molecule has 0 aliphatic heterocycles. The van der Waals surface area contributed by atoms with Crippen LogP contribution in [-0.4, -0.2) is 11.1 Å². The molecule has 0 saturated heterocycles. The Kier molecular flexibility index (Phi) is 4.61. The van der Waals surface area contributed by atoms with E-state index in [2.05, 4.69) is 37.2 Å². The van der Waals surface area contributed by atoms with Gasteiger partial charge in [0.05, 0.1) is 5.56 Å². The monoisotopic (exact) mass is 383 g/mol. The summed E-state index contributed by atoms with van der Waals surface area (Å²) in [5.41, 5.74) is 2.16. The van der Waals surface area contributed by atoms with Gasteiger partial charge in [0.1, 0.15) is 0 Å². The molecule has 0 atom stereocenters. The molecule has 2 aromatic rings. The number of carboxylic acid groups (broad SMARTS) is 1. The highest BCUT2D eigenvalue weighted by molar-refractivity contribution is 9.10. The Morgan fingerprint density at radius 1 is 1.05 bits per heavy atom. The molecule has 0 radical (unpaired) electrons. The van der Waals surface area contributed by atoms with Crippen molar-refractivity contribution >= 4 is 43.5 Å². The van der Waals surface area contributed by atoms with Crippen molar-refractivity contribution in [2.45, 2.75) is 6.54 Å². The Hall–Kier alpha value is -1.33. The summed E-state index contributed by atoms with van der Waals surface area (Å²) in [7, 11) is 0. The van der Waals surface area contributed by atoms with Gasteiger partial charge in [-0.2, -0.15) is 0 Å². The number of anilines is 1. The Morgan fingerprint density at radius 2 is 1.74 bits per heavy atom. The highest BCUT2D eigenvalue weighted by Gasteiger charge is 2.05. The fourth-order valence-corrected chi connectivity index (χ4v) is 2.38. The van der Waals surface area contributed by atoms with Crippen LogP contribution in [0.5, 0.6) is 0 Å². The molecule has 0 fully saturated rings. The molecule has 0 aromatic heterocycles. The van der Waals surface area contributed by atoms with Crippen molar-refractivity contribution in [1.82, 2.24) is 0 Å². The van der Waals surface area contributed by atoms with Gasteiger partial charge >= 0.3 is 5.97 Å². The number of halogens is 2. The van der Waals surface area contributed by atoms with Crippen molar-refractivity contribution in [2.75, 3.05) is 5.32 Å². The number of rotatable bonds is 4. The van der Waals surface area contributed by atoms with Gasteiger partial charge in [-0.05, 0) is 35.9 Å². The van der Waals surface area contributed by atoms with Crippen LogP contribution < -0.4 is 5.32 Å². The molecule has 0 aliphatic rings. The Labute approximate surface area is 127 Å². The van der Waals surface area contributed by atoms with Gasteiger partial charge in [0.25, 0.3) is 0 Å². The topological polar surface area (TPSA) is 49.3 Å². The van der Waals surface area contributed by atoms with Crippen LogP contribution in [-0.2, 0) is 6.54 Å². The summed E-state index contributed by atoms with van der Waals surface area (Å²) in [5.74, 6) is -0.937. The fourth-order valence-electron chi connectivity index (χ4n) is 1.62. The first-order valence-electron chi connectivity index (χ1n) is 5.57. The maximum absolute atomic E-state index is 11.0. The predicted octanol–water partition coefficient (Wildman–Crippen LogP) is 4.52. The van der Waals surface area contributed by atoms with E-state index in [-0.39, 0.29) is 5.56 Å². The second-order valence-electron chi connectivity index (χ2n) is 4.01. The van der Waals surface area contributed by atoms with Gasteiger partial charge in [0, 0.05) is 21.2 Å². The number of carbonyl (C=O) groups is 1. The third-order valence-electron chi connectivity index (χ3n) is 2.55. The summed E-state index contributed by atoms with van der Waals surface area (Å²) in [6.07, 6.45) is 0. The Balaban J connectivity index is 2.11. The predicted molar refractivity (Wildman–Crippen MR) is 82.6 cm³/mol. The van der Waals surface area contributed by atoms with Gasteiger partial charge in [-0.25, -0.2) is 4.79 Å². The van der Waals surface area contributed by atoms with Crippen LogP contribution in [0.1, 0.15) is 15.9 Å². The van der Waals surface area contributed by atoms with Crippen LogP contribution in [0.25, 0.3) is 0 Å². The van der Waals surface area contributed by atoms with Gasteiger partial charge in [0.2, 0.25) is 0 Å². The van der Waals surface area contributed by atoms with E-state index in [1.807, 2.05) is 30.3 Å². The minimum absolute atomic E-state index is 0.257. The lowest BCUT2D eigenvalue weighted by molar-refractivity contribution is 0.0697. The van der Waals surface area contributed by atoms with Crippen molar-refractivity contribution in [3.8, 4) is 0 Å². The molecule has 98 valence electrons. The smallest absolute Gasteiger partial charge is 0.335 e. The van der Waals surface area contributed by atoms with E-state index < -0.39 is 5.97 Å². The van der Waals surface area contributed by atoms with Crippen molar-refractivity contribution in [3.63, 3.8) is 0 Å². The van der Waals surface area contributed by atoms with E-state index in [1.54, 1.807) is 12.1 Å². The molecule has 5 heteroatoms. The number of hydrogen-bond acceptors (Lipinski definition) is 2. The molecule has 2 N–H and O–H groups in total. The standard InChI is InChI=1S/C14H11Br2NO2/c15-11-3-1-9(2-4-11)8-17-13-6-10(14(18)19)5-12(16)7-13/h1-7,17H,8H2,(H,18,19). The van der Waals surface area contributed by atoms with Crippen molar-refractivity contribution in [2.24, 2.45) is 0 Å². The van der Waals surface area contributed by atoms with Crippen LogP contribution in [0.3, 0.4) is 0 Å². The van der Waals surface area contributed by atoms with Crippen molar-refractivity contribution in [3.05, 3.63) is 62.5 Å². The summed E-state index contributed by atoms with van der Waals surface area (Å²) in [6.45, 7) is 0.642. The molecule has 19 heavy (non-hydrogen) atoms. The maximum Gasteiger partial charge on any atom is 0.335 e. The SMILES string of the molecule is O=C(O)c1cc(Br)cc(NCc2ccc(Br)cc2)c1. The van der Waals surface area contributed by atoms with E-state index in [0.717, 1.165) is 20.2 Å². The second kappa shape index (κ2) is 6.21. The minimum atomic E-state index is -0.937. The molecule has 2 rings (SSSR count). The molecule has 0 aliphatic carbocycles. The molecule has 0 heterocycles. The number of nitrogens with one attached hydrogen (secondary N) is 1. The molecular formula is C14H11Br2NO2. The third-order valence-corrected chi connectivity index (χ3v) is 3.54. The van der Waals surface area contributed by atoms with Crippen molar-refractivity contribution < 1.29 is 9.90 Å². The van der Waals surface area contributed by atoms with Gasteiger partial charge in [-0.1, -0.05) is 44.0 Å². The summed E-state index contributed by atoms with van der Waals surface area (Å²) < 4.78 is 1.78. The van der Waals surface area contributed by atoms with Gasteiger partial charge in [-0.15, -0.1) is 0 Å². The third kappa shape index (κ3) is 4.08. The molecule has 0 saturated carbocycles. The zero-order chi connectivity index (χ0) is 13.8. The van der Waals surface area contributed by atoms with Crippen LogP contribution >= 0.6 is 31.9 Å². The largest absolute Gasteiger partial charge is 0.478 e. The highest BCUT2D eigenvalue weighted by Crippen LogP contribution is 2.20. The Morgan fingerprint density at radius 3 is 2.37 bits per heavy atom. The van der Waals surface area contributed by atoms with Gasteiger partial charge in [0.15, 0.2) is 0 Å². The van der Waals surface area contributed by atoms with Crippen LogP contribution in [0, 0.1) is 0 Å². The Bertz CT molecular complexity index is 597. The molecule has 0 bridgehead atoms. The number of carboxylic acids is 1. The van der Waals surface area contributed by atoms with E-state index in [1.165, 1.54) is 0 Å². The maximum atomic E-state index is 11.0. The number of hydrogen-bond donors (Lipinski definition) is 2. The zero-order valence-electron chi connectivity index (χ0n) is 9.86. The van der Waals surface area contributed by atoms with Crippen LogP contribution in [0.4, 0.5) is 5.69 Å². The van der Waals surface area contributed by atoms with Crippen LogP contribution in [0.15, 0.2) is 51.4 Å². The quantitative estimate of drug-likeness (QED) is 0.814. The van der Waals surface area contributed by atoms with E-state index in [0.29, 0.717) is 6.54 Å². The first kappa shape index (κ1) is 14.1. The number of aromatic carboxylic acids is 1. The average molecular weight is 385 g/mol. The first-order valence-corrected chi connectivity index (χ1v) is 7.15. The zero-order valence-corrected chi connectivity index (χ0v) is 13.0. The summed E-state index contributed by atoms with van der Waals surface area (Å²) in [5, 5.41) is 12.2. The van der Waals surface area contributed by atoms with Crippen molar-refractivity contribution in [1.29, 1.82) is 0 Å². The van der Waals surface area contributed by atoms with E-state index in [9.17, 15) is 4.79 Å². The van der Waals surface area contributed by atoms with E-state index >= 15 is 0 Å². The lowest BCUT2D eigenvalue weighted by Crippen LogP contribution is -2.02. The lowest BCUT2D eigenvalue weighted by Gasteiger charge is -2.08. The first-order chi connectivity index (χ1) is 9.04. The molecule has 0 amide bonds.